The number of ether oxygens (including phenoxy) is 1. The highest BCUT2D eigenvalue weighted by Gasteiger charge is 2.28. The van der Waals surface area contributed by atoms with E-state index in [4.69, 9.17) is 4.74 Å². The van der Waals surface area contributed by atoms with Gasteiger partial charge < -0.3 is 20.3 Å². The lowest BCUT2D eigenvalue weighted by Gasteiger charge is -2.23. The number of hydrogen-bond acceptors (Lipinski definition) is 3. The lowest BCUT2D eigenvalue weighted by Crippen LogP contribution is -2.46. The molecule has 0 spiro atoms. The zero-order valence-corrected chi connectivity index (χ0v) is 17.6. The van der Waals surface area contributed by atoms with Crippen LogP contribution in [0.4, 0.5) is 0 Å². The molecule has 1 heterocycles. The number of likely N-dealkylation sites (tertiary alicyclic amines) is 1. The van der Waals surface area contributed by atoms with Gasteiger partial charge in [-0.25, -0.2) is 0 Å². The first-order valence-corrected chi connectivity index (χ1v) is 8.18. The Bertz CT molecular complexity index is 400. The van der Waals surface area contributed by atoms with Crippen LogP contribution in [0, 0.1) is 5.92 Å². The lowest BCUT2D eigenvalue weighted by molar-refractivity contribution is -0.133. The van der Waals surface area contributed by atoms with E-state index in [0.717, 1.165) is 32.0 Å². The van der Waals surface area contributed by atoms with Crippen molar-refractivity contribution in [2.75, 3.05) is 33.3 Å². The van der Waals surface area contributed by atoms with E-state index in [1.54, 1.807) is 7.11 Å². The zero-order chi connectivity index (χ0) is 16.8. The van der Waals surface area contributed by atoms with E-state index in [1.165, 1.54) is 0 Å². The van der Waals surface area contributed by atoms with Crippen LogP contribution in [0.15, 0.2) is 4.99 Å². The summed E-state index contributed by atoms with van der Waals surface area (Å²) in [6.45, 7) is 12.9. The van der Waals surface area contributed by atoms with Crippen LogP contribution >= 0.6 is 24.0 Å². The van der Waals surface area contributed by atoms with Crippen molar-refractivity contribution in [3.8, 4) is 0 Å². The first-order chi connectivity index (χ1) is 10.3. The highest BCUT2D eigenvalue weighted by atomic mass is 127. The van der Waals surface area contributed by atoms with Gasteiger partial charge in [-0.1, -0.05) is 13.8 Å². The summed E-state index contributed by atoms with van der Waals surface area (Å²) in [6.07, 6.45) is 0.955. The predicted molar refractivity (Wildman–Crippen MR) is 105 cm³/mol. The highest BCUT2D eigenvalue weighted by Crippen LogP contribution is 2.13. The van der Waals surface area contributed by atoms with Crippen LogP contribution < -0.4 is 10.6 Å². The van der Waals surface area contributed by atoms with E-state index in [-0.39, 0.29) is 47.4 Å². The average Bonchev–Trinajstić information content (AvgIpc) is 2.92. The molecule has 6 nitrogen and oxygen atoms in total. The maximum Gasteiger partial charge on any atom is 0.225 e. The number of guanidine groups is 1. The first-order valence-electron chi connectivity index (χ1n) is 8.18. The van der Waals surface area contributed by atoms with Crippen LogP contribution in [0.1, 0.15) is 41.0 Å². The third-order valence-corrected chi connectivity index (χ3v) is 3.85. The quantitative estimate of drug-likeness (QED) is 0.376. The minimum absolute atomic E-state index is 0. The number of rotatable bonds is 6. The molecule has 0 aliphatic carbocycles. The van der Waals surface area contributed by atoms with Gasteiger partial charge in [0.1, 0.15) is 0 Å². The Labute approximate surface area is 157 Å². The van der Waals surface area contributed by atoms with Crippen LogP contribution in [0.25, 0.3) is 0 Å². The van der Waals surface area contributed by atoms with Crippen molar-refractivity contribution in [2.24, 2.45) is 10.9 Å². The number of nitrogens with one attached hydrogen (secondary N) is 2. The van der Waals surface area contributed by atoms with Gasteiger partial charge in [0.05, 0.1) is 12.1 Å². The second kappa shape index (κ2) is 10.3. The minimum Gasteiger partial charge on any atom is -0.377 e. The third kappa shape index (κ3) is 7.69. The summed E-state index contributed by atoms with van der Waals surface area (Å²) in [5.74, 6) is 1.08. The number of nitrogens with zero attached hydrogens (tertiary/aromatic N) is 2. The summed E-state index contributed by atoms with van der Waals surface area (Å²) in [5, 5.41) is 6.68. The molecule has 0 radical (unpaired) electrons. The van der Waals surface area contributed by atoms with Crippen molar-refractivity contribution in [3.05, 3.63) is 0 Å². The molecule has 0 aromatic rings. The molecule has 1 rings (SSSR count). The fourth-order valence-corrected chi connectivity index (χ4v) is 2.29. The maximum atomic E-state index is 12.0. The number of carbonyl (C=O) groups excluding carboxylic acids is 1. The number of halogens is 1. The van der Waals surface area contributed by atoms with E-state index < -0.39 is 0 Å². The Hall–Kier alpha value is -0.570. The summed E-state index contributed by atoms with van der Waals surface area (Å²) in [4.78, 5) is 18.6. The Balaban J connectivity index is 0.00000484. The molecular formula is C16H33IN4O2. The van der Waals surface area contributed by atoms with Crippen molar-refractivity contribution in [3.63, 3.8) is 0 Å². The van der Waals surface area contributed by atoms with Gasteiger partial charge in [0.25, 0.3) is 0 Å². The number of methoxy groups -OCH3 is 1. The van der Waals surface area contributed by atoms with Crippen LogP contribution in [0.3, 0.4) is 0 Å². The number of amides is 1. The number of aliphatic imine (C=N–C) groups is 1. The molecule has 1 aliphatic rings. The molecule has 0 saturated carbocycles. The molecule has 2 N–H and O–H groups in total. The molecule has 1 atom stereocenters. The molecule has 0 aromatic carbocycles. The van der Waals surface area contributed by atoms with E-state index >= 15 is 0 Å². The van der Waals surface area contributed by atoms with Crippen molar-refractivity contribution >= 4 is 35.8 Å². The summed E-state index contributed by atoms with van der Waals surface area (Å²) in [5.41, 5.74) is -0.280. The number of carbonyl (C=O) groups is 1. The van der Waals surface area contributed by atoms with Gasteiger partial charge in [-0.15, -0.1) is 24.0 Å². The highest BCUT2D eigenvalue weighted by molar-refractivity contribution is 14.0. The van der Waals surface area contributed by atoms with Crippen LogP contribution in [-0.4, -0.2) is 61.7 Å². The van der Waals surface area contributed by atoms with Crippen LogP contribution in [0.5, 0.6) is 0 Å². The van der Waals surface area contributed by atoms with Crippen molar-refractivity contribution < 1.29 is 9.53 Å². The Kier molecular flexibility index (Phi) is 10.1. The van der Waals surface area contributed by atoms with E-state index in [2.05, 4.69) is 15.6 Å². The van der Waals surface area contributed by atoms with Crippen molar-refractivity contribution in [2.45, 2.75) is 52.7 Å². The number of hydrogen-bond donors (Lipinski definition) is 2. The monoisotopic (exact) mass is 440 g/mol. The molecule has 1 unspecified atom stereocenters. The van der Waals surface area contributed by atoms with Gasteiger partial charge in [0.15, 0.2) is 5.96 Å². The fraction of sp³-hybridized carbons (Fsp3) is 0.875. The smallest absolute Gasteiger partial charge is 0.225 e. The Morgan fingerprint density at radius 3 is 2.61 bits per heavy atom. The summed E-state index contributed by atoms with van der Waals surface area (Å²) >= 11 is 0. The molecule has 1 saturated heterocycles. The normalized spacial score (nSPS) is 18.8. The van der Waals surface area contributed by atoms with Gasteiger partial charge in [0.2, 0.25) is 5.91 Å². The average molecular weight is 440 g/mol. The SMILES string of the molecule is CCNC(=NCC(C)(C)OC)NC1CCN(C(=O)C(C)C)C1.I. The van der Waals surface area contributed by atoms with Gasteiger partial charge in [-0.05, 0) is 27.2 Å². The molecule has 1 amide bonds. The van der Waals surface area contributed by atoms with E-state index in [0.29, 0.717) is 6.54 Å². The topological polar surface area (TPSA) is 66.0 Å². The first kappa shape index (κ1) is 22.4. The van der Waals surface area contributed by atoms with E-state index in [9.17, 15) is 4.79 Å². The van der Waals surface area contributed by atoms with Crippen LogP contribution in [0.2, 0.25) is 0 Å². The zero-order valence-electron chi connectivity index (χ0n) is 15.3. The minimum atomic E-state index is -0.280. The lowest BCUT2D eigenvalue weighted by atomic mass is 10.1. The van der Waals surface area contributed by atoms with Crippen LogP contribution in [-0.2, 0) is 9.53 Å². The molecule has 1 aliphatic heterocycles. The fourth-order valence-electron chi connectivity index (χ4n) is 2.29. The van der Waals surface area contributed by atoms with Gasteiger partial charge in [-0.2, -0.15) is 0 Å². The molecule has 136 valence electrons. The second-order valence-electron chi connectivity index (χ2n) is 6.73. The largest absolute Gasteiger partial charge is 0.377 e. The molecular weight excluding hydrogens is 407 g/mol. The summed E-state index contributed by atoms with van der Waals surface area (Å²) in [7, 11) is 1.70. The summed E-state index contributed by atoms with van der Waals surface area (Å²) < 4.78 is 5.40. The van der Waals surface area contributed by atoms with Crippen molar-refractivity contribution in [1.29, 1.82) is 0 Å². The van der Waals surface area contributed by atoms with Gasteiger partial charge in [0, 0.05) is 38.7 Å². The molecule has 1 fully saturated rings. The van der Waals surface area contributed by atoms with E-state index in [1.807, 2.05) is 39.5 Å². The second-order valence-corrected chi connectivity index (χ2v) is 6.73. The van der Waals surface area contributed by atoms with Crippen molar-refractivity contribution in [1.82, 2.24) is 15.5 Å². The third-order valence-electron chi connectivity index (χ3n) is 3.85. The standard InChI is InChI=1S/C16H32N4O2.HI/c1-7-17-15(18-11-16(4,5)22-6)19-13-8-9-20(10-13)14(21)12(2)3;/h12-13H,7-11H2,1-6H3,(H2,17,18,19);1H. The Morgan fingerprint density at radius 1 is 1.43 bits per heavy atom. The Morgan fingerprint density at radius 2 is 2.09 bits per heavy atom. The molecule has 7 heteroatoms. The predicted octanol–water partition coefficient (Wildman–Crippen LogP) is 1.84. The summed E-state index contributed by atoms with van der Waals surface area (Å²) in [6, 6.07) is 0.256. The molecule has 0 aromatic heterocycles. The van der Waals surface area contributed by atoms with Gasteiger partial charge in [-0.3, -0.25) is 9.79 Å². The maximum absolute atomic E-state index is 12.0. The molecule has 0 bridgehead atoms. The molecule has 23 heavy (non-hydrogen) atoms. The van der Waals surface area contributed by atoms with Gasteiger partial charge >= 0.3 is 0 Å².